The molecular weight excluding hydrogens is 258 g/mol. The lowest BCUT2D eigenvalue weighted by Gasteiger charge is -2.13. The van der Waals surface area contributed by atoms with Crippen molar-refractivity contribution in [3.63, 3.8) is 0 Å². The molecule has 0 heterocycles. The number of hydrogen-bond acceptors (Lipinski definition) is 1. The predicted molar refractivity (Wildman–Crippen MR) is 89.4 cm³/mol. The van der Waals surface area contributed by atoms with Crippen LogP contribution in [0, 0.1) is 13.8 Å². The zero-order valence-corrected chi connectivity index (χ0v) is 13.0. The molecule has 0 saturated heterocycles. The summed E-state index contributed by atoms with van der Waals surface area (Å²) in [6, 6.07) is 16.9. The van der Waals surface area contributed by atoms with E-state index in [0.717, 1.165) is 19.0 Å². The lowest BCUT2D eigenvalue weighted by atomic mass is 10.1. The molecule has 0 spiro atoms. The van der Waals surface area contributed by atoms with Gasteiger partial charge in [0.15, 0.2) is 5.96 Å². The minimum absolute atomic E-state index is 0.773. The van der Waals surface area contributed by atoms with Crippen molar-refractivity contribution in [1.82, 2.24) is 10.6 Å². The van der Waals surface area contributed by atoms with Gasteiger partial charge in [0, 0.05) is 20.1 Å². The van der Waals surface area contributed by atoms with E-state index >= 15 is 0 Å². The van der Waals surface area contributed by atoms with Gasteiger partial charge < -0.3 is 10.6 Å². The first-order valence-corrected chi connectivity index (χ1v) is 7.23. The van der Waals surface area contributed by atoms with Crippen LogP contribution in [-0.4, -0.2) is 13.0 Å². The molecule has 0 aromatic heterocycles. The number of hydrogen-bond donors (Lipinski definition) is 2. The van der Waals surface area contributed by atoms with E-state index < -0.39 is 0 Å². The van der Waals surface area contributed by atoms with Crippen LogP contribution in [0.5, 0.6) is 0 Å². The van der Waals surface area contributed by atoms with Gasteiger partial charge in [-0.05, 0) is 30.5 Å². The molecule has 2 N–H and O–H groups in total. The number of benzene rings is 2. The number of guanidine groups is 1. The van der Waals surface area contributed by atoms with Gasteiger partial charge >= 0.3 is 0 Å². The molecule has 0 fully saturated rings. The fraction of sp³-hybridized carbons (Fsp3) is 0.278. The van der Waals surface area contributed by atoms with Gasteiger partial charge in [-0.15, -0.1) is 0 Å². The third-order valence-corrected chi connectivity index (χ3v) is 3.47. The van der Waals surface area contributed by atoms with Crippen LogP contribution in [0.2, 0.25) is 0 Å². The quantitative estimate of drug-likeness (QED) is 0.667. The highest BCUT2D eigenvalue weighted by Crippen LogP contribution is 2.06. The topological polar surface area (TPSA) is 36.4 Å². The van der Waals surface area contributed by atoms with Crippen LogP contribution < -0.4 is 10.6 Å². The number of aliphatic imine (C=N–C) groups is 1. The van der Waals surface area contributed by atoms with Crippen LogP contribution >= 0.6 is 0 Å². The fourth-order valence-electron chi connectivity index (χ4n) is 2.22. The van der Waals surface area contributed by atoms with Crippen molar-refractivity contribution in [2.24, 2.45) is 4.99 Å². The highest BCUT2D eigenvalue weighted by Gasteiger charge is 2.01. The van der Waals surface area contributed by atoms with Gasteiger partial charge in [0.2, 0.25) is 0 Å². The average Bonchev–Trinajstić information content (AvgIpc) is 2.49. The summed E-state index contributed by atoms with van der Waals surface area (Å²) in [5, 5.41) is 6.69. The van der Waals surface area contributed by atoms with Crippen LogP contribution in [0.3, 0.4) is 0 Å². The minimum atomic E-state index is 0.773. The van der Waals surface area contributed by atoms with E-state index in [4.69, 9.17) is 0 Å². The molecule has 0 aliphatic rings. The summed E-state index contributed by atoms with van der Waals surface area (Å²) in [4.78, 5) is 4.26. The highest BCUT2D eigenvalue weighted by atomic mass is 15.2. The van der Waals surface area contributed by atoms with Gasteiger partial charge in [-0.2, -0.15) is 0 Å². The number of rotatable bonds is 4. The summed E-state index contributed by atoms with van der Waals surface area (Å²) in [5.74, 6) is 0.819. The van der Waals surface area contributed by atoms with E-state index in [9.17, 15) is 0 Å². The summed E-state index contributed by atoms with van der Waals surface area (Å²) in [6.07, 6.45) is 0. The van der Waals surface area contributed by atoms with E-state index in [-0.39, 0.29) is 0 Å². The van der Waals surface area contributed by atoms with Crippen LogP contribution in [-0.2, 0) is 13.1 Å². The second kappa shape index (κ2) is 7.48. The van der Waals surface area contributed by atoms with E-state index in [1.165, 1.54) is 22.3 Å². The molecule has 0 amide bonds. The van der Waals surface area contributed by atoms with Gasteiger partial charge in [0.1, 0.15) is 0 Å². The van der Waals surface area contributed by atoms with Crippen molar-refractivity contribution in [3.05, 3.63) is 70.8 Å². The van der Waals surface area contributed by atoms with Gasteiger partial charge in [0.25, 0.3) is 0 Å². The molecule has 2 rings (SSSR count). The Labute approximate surface area is 127 Å². The van der Waals surface area contributed by atoms with Crippen molar-refractivity contribution in [3.8, 4) is 0 Å². The summed E-state index contributed by atoms with van der Waals surface area (Å²) in [6.45, 7) is 5.78. The smallest absolute Gasteiger partial charge is 0.191 e. The summed E-state index contributed by atoms with van der Waals surface area (Å²) in [5.41, 5.74) is 5.11. The second-order valence-corrected chi connectivity index (χ2v) is 5.19. The fourth-order valence-corrected chi connectivity index (χ4v) is 2.22. The van der Waals surface area contributed by atoms with Gasteiger partial charge in [0.05, 0.1) is 0 Å². The number of aryl methyl sites for hydroxylation is 2. The molecule has 110 valence electrons. The third-order valence-electron chi connectivity index (χ3n) is 3.47. The average molecular weight is 281 g/mol. The van der Waals surface area contributed by atoms with Crippen LogP contribution in [0.15, 0.2) is 53.5 Å². The second-order valence-electron chi connectivity index (χ2n) is 5.19. The highest BCUT2D eigenvalue weighted by molar-refractivity contribution is 5.79. The first-order chi connectivity index (χ1) is 10.2. The Kier molecular flexibility index (Phi) is 5.38. The standard InChI is InChI=1S/C18H23N3/c1-14-7-6-9-16(11-14)12-20-18(19-3)21-13-17-10-5-4-8-15(17)2/h4-11H,12-13H2,1-3H3,(H2,19,20,21). The molecule has 0 aliphatic heterocycles. The molecule has 3 heteroatoms. The molecule has 0 atom stereocenters. The summed E-state index contributed by atoms with van der Waals surface area (Å²) in [7, 11) is 1.80. The Balaban J connectivity index is 1.88. The van der Waals surface area contributed by atoms with Crippen molar-refractivity contribution >= 4 is 5.96 Å². The zero-order valence-electron chi connectivity index (χ0n) is 13.0. The van der Waals surface area contributed by atoms with E-state index in [0.29, 0.717) is 0 Å². The Morgan fingerprint density at radius 3 is 2.43 bits per heavy atom. The van der Waals surface area contributed by atoms with Crippen molar-refractivity contribution in [2.75, 3.05) is 7.05 Å². The predicted octanol–water partition coefficient (Wildman–Crippen LogP) is 3.17. The molecule has 0 unspecified atom stereocenters. The molecule has 21 heavy (non-hydrogen) atoms. The zero-order chi connectivity index (χ0) is 15.1. The Morgan fingerprint density at radius 2 is 1.71 bits per heavy atom. The Morgan fingerprint density at radius 1 is 0.952 bits per heavy atom. The Hall–Kier alpha value is -2.29. The van der Waals surface area contributed by atoms with Crippen LogP contribution in [0.25, 0.3) is 0 Å². The molecule has 0 saturated carbocycles. The number of nitrogens with one attached hydrogen (secondary N) is 2. The van der Waals surface area contributed by atoms with Crippen molar-refractivity contribution in [2.45, 2.75) is 26.9 Å². The molecule has 2 aromatic rings. The molecule has 0 bridgehead atoms. The monoisotopic (exact) mass is 281 g/mol. The van der Waals surface area contributed by atoms with Crippen molar-refractivity contribution < 1.29 is 0 Å². The lowest BCUT2D eigenvalue weighted by molar-refractivity contribution is 0.806. The van der Waals surface area contributed by atoms with Crippen LogP contribution in [0.4, 0.5) is 0 Å². The summed E-state index contributed by atoms with van der Waals surface area (Å²) >= 11 is 0. The van der Waals surface area contributed by atoms with Crippen LogP contribution in [0.1, 0.15) is 22.3 Å². The molecule has 0 aliphatic carbocycles. The molecular formula is C18H23N3. The van der Waals surface area contributed by atoms with E-state index in [1.807, 2.05) is 0 Å². The Bertz CT molecular complexity index is 617. The summed E-state index contributed by atoms with van der Waals surface area (Å²) < 4.78 is 0. The maximum absolute atomic E-state index is 4.26. The molecule has 0 radical (unpaired) electrons. The maximum Gasteiger partial charge on any atom is 0.191 e. The largest absolute Gasteiger partial charge is 0.352 e. The minimum Gasteiger partial charge on any atom is -0.352 e. The molecule has 2 aromatic carbocycles. The van der Waals surface area contributed by atoms with Gasteiger partial charge in [-0.1, -0.05) is 54.1 Å². The van der Waals surface area contributed by atoms with Gasteiger partial charge in [-0.3, -0.25) is 4.99 Å². The number of nitrogens with zero attached hydrogens (tertiary/aromatic N) is 1. The molecule has 3 nitrogen and oxygen atoms in total. The SMILES string of the molecule is CN=C(NCc1cccc(C)c1)NCc1ccccc1C. The maximum atomic E-state index is 4.26. The lowest BCUT2D eigenvalue weighted by Crippen LogP contribution is -2.36. The van der Waals surface area contributed by atoms with Crippen molar-refractivity contribution in [1.29, 1.82) is 0 Å². The third kappa shape index (κ3) is 4.63. The van der Waals surface area contributed by atoms with E-state index in [1.54, 1.807) is 7.05 Å². The first-order valence-electron chi connectivity index (χ1n) is 7.23. The first kappa shape index (κ1) is 15.1. The normalized spacial score (nSPS) is 11.3. The van der Waals surface area contributed by atoms with E-state index in [2.05, 4.69) is 78.0 Å². The van der Waals surface area contributed by atoms with Gasteiger partial charge in [-0.25, -0.2) is 0 Å².